The van der Waals surface area contributed by atoms with Gasteiger partial charge in [0.1, 0.15) is 5.54 Å². The molecular formula is C13H24N2O4. The van der Waals surface area contributed by atoms with Crippen molar-refractivity contribution in [2.24, 2.45) is 0 Å². The predicted octanol–water partition coefficient (Wildman–Crippen LogP) is 1.45. The molecular weight excluding hydrogens is 248 g/mol. The normalized spacial score (nSPS) is 23.8. The van der Waals surface area contributed by atoms with E-state index in [2.05, 4.69) is 5.32 Å². The van der Waals surface area contributed by atoms with Crippen LogP contribution < -0.4 is 5.32 Å². The Labute approximate surface area is 114 Å². The molecule has 0 aromatic carbocycles. The third-order valence-electron chi connectivity index (χ3n) is 3.61. The second-order valence-electron chi connectivity index (χ2n) is 5.76. The Morgan fingerprint density at radius 3 is 2.53 bits per heavy atom. The lowest BCUT2D eigenvalue weighted by molar-refractivity contribution is -0.147. The third kappa shape index (κ3) is 3.59. The monoisotopic (exact) mass is 272 g/mol. The maximum Gasteiger partial charge on any atom is 0.329 e. The second kappa shape index (κ2) is 5.77. The minimum atomic E-state index is -1.23. The van der Waals surface area contributed by atoms with Crippen LogP contribution in [0.5, 0.6) is 0 Å². The lowest BCUT2D eigenvalue weighted by Gasteiger charge is -2.40. The van der Waals surface area contributed by atoms with Crippen LogP contribution in [0.2, 0.25) is 0 Å². The fraction of sp³-hybridized carbons (Fsp3) is 0.846. The molecule has 1 rings (SSSR count). The molecule has 0 radical (unpaired) electrons. The van der Waals surface area contributed by atoms with Gasteiger partial charge < -0.3 is 20.1 Å². The first-order valence-electron chi connectivity index (χ1n) is 6.64. The Morgan fingerprint density at radius 1 is 1.47 bits per heavy atom. The van der Waals surface area contributed by atoms with Gasteiger partial charge in [-0.3, -0.25) is 0 Å². The van der Waals surface area contributed by atoms with E-state index in [0.29, 0.717) is 19.8 Å². The van der Waals surface area contributed by atoms with Crippen LogP contribution in [0.4, 0.5) is 4.79 Å². The lowest BCUT2D eigenvalue weighted by atomic mass is 9.95. The van der Waals surface area contributed by atoms with Gasteiger partial charge in [0.15, 0.2) is 0 Å². The molecule has 1 fully saturated rings. The highest BCUT2D eigenvalue weighted by Gasteiger charge is 2.39. The summed E-state index contributed by atoms with van der Waals surface area (Å²) in [7, 11) is 0. The van der Waals surface area contributed by atoms with Crippen molar-refractivity contribution in [1.29, 1.82) is 0 Å². The standard InChI is InChI=1S/C13H24N2O4/c1-5-15(12(2,3)10(16)17)11(18)14-13(4)7-6-8-19-9-13/h5-9H2,1-4H3,(H,14,18)(H,16,17). The number of carboxylic acid groups (broad SMARTS) is 1. The van der Waals surface area contributed by atoms with Crippen LogP contribution in [0.25, 0.3) is 0 Å². The minimum absolute atomic E-state index is 0.335. The quantitative estimate of drug-likeness (QED) is 0.812. The SMILES string of the molecule is CCN(C(=O)NC1(C)CCCOC1)C(C)(C)C(=O)O. The van der Waals surface area contributed by atoms with Gasteiger partial charge >= 0.3 is 12.0 Å². The number of carbonyl (C=O) groups is 2. The zero-order valence-electron chi connectivity index (χ0n) is 12.2. The van der Waals surface area contributed by atoms with Gasteiger partial charge in [0.05, 0.1) is 12.1 Å². The average Bonchev–Trinajstić information content (AvgIpc) is 2.29. The summed E-state index contributed by atoms with van der Waals surface area (Å²) in [6.45, 7) is 8.25. The summed E-state index contributed by atoms with van der Waals surface area (Å²) in [6, 6.07) is -0.358. The highest BCUT2D eigenvalue weighted by atomic mass is 16.5. The van der Waals surface area contributed by atoms with E-state index in [-0.39, 0.29) is 6.03 Å². The zero-order chi connectivity index (χ0) is 14.7. The van der Waals surface area contributed by atoms with Gasteiger partial charge in [0, 0.05) is 13.2 Å². The summed E-state index contributed by atoms with van der Waals surface area (Å²) in [5.41, 5.74) is -1.65. The van der Waals surface area contributed by atoms with Crippen LogP contribution in [0, 0.1) is 0 Å². The number of hydrogen-bond donors (Lipinski definition) is 2. The van der Waals surface area contributed by atoms with Crippen LogP contribution in [0.15, 0.2) is 0 Å². The number of aliphatic carboxylic acids is 1. The van der Waals surface area contributed by atoms with Gasteiger partial charge in [-0.2, -0.15) is 0 Å². The predicted molar refractivity (Wildman–Crippen MR) is 71.1 cm³/mol. The fourth-order valence-electron chi connectivity index (χ4n) is 2.27. The van der Waals surface area contributed by atoms with E-state index in [4.69, 9.17) is 4.74 Å². The van der Waals surface area contributed by atoms with Crippen LogP contribution in [-0.4, -0.2) is 52.8 Å². The van der Waals surface area contributed by atoms with E-state index in [9.17, 15) is 14.7 Å². The van der Waals surface area contributed by atoms with Gasteiger partial charge in [-0.25, -0.2) is 9.59 Å². The van der Waals surface area contributed by atoms with Gasteiger partial charge in [0.2, 0.25) is 0 Å². The van der Waals surface area contributed by atoms with Gasteiger partial charge in [-0.05, 0) is 40.5 Å². The number of likely N-dealkylation sites (N-methyl/N-ethyl adjacent to an activating group) is 1. The number of ether oxygens (including phenoxy) is 1. The topological polar surface area (TPSA) is 78.9 Å². The van der Waals surface area contributed by atoms with E-state index in [1.807, 2.05) is 6.92 Å². The maximum absolute atomic E-state index is 12.3. The number of hydrogen-bond acceptors (Lipinski definition) is 3. The molecule has 1 unspecified atom stereocenters. The molecule has 110 valence electrons. The number of nitrogens with one attached hydrogen (secondary N) is 1. The molecule has 1 atom stereocenters. The van der Waals surface area contributed by atoms with Gasteiger partial charge in [-0.1, -0.05) is 0 Å². The molecule has 0 spiro atoms. The smallest absolute Gasteiger partial charge is 0.329 e. The number of nitrogens with zero attached hydrogens (tertiary/aromatic N) is 1. The van der Waals surface area contributed by atoms with Crippen molar-refractivity contribution in [3.8, 4) is 0 Å². The summed E-state index contributed by atoms with van der Waals surface area (Å²) >= 11 is 0. The molecule has 6 nitrogen and oxygen atoms in total. The first-order valence-corrected chi connectivity index (χ1v) is 6.64. The van der Waals surface area contributed by atoms with E-state index in [1.165, 1.54) is 18.7 Å². The minimum Gasteiger partial charge on any atom is -0.480 e. The molecule has 0 aromatic heterocycles. The molecule has 6 heteroatoms. The van der Waals surface area contributed by atoms with Gasteiger partial charge in [-0.15, -0.1) is 0 Å². The van der Waals surface area contributed by atoms with E-state index in [1.54, 1.807) is 6.92 Å². The Hall–Kier alpha value is -1.30. The van der Waals surface area contributed by atoms with E-state index < -0.39 is 17.0 Å². The molecule has 1 heterocycles. The van der Waals surface area contributed by atoms with Crippen molar-refractivity contribution in [3.63, 3.8) is 0 Å². The van der Waals surface area contributed by atoms with Crippen molar-refractivity contribution < 1.29 is 19.4 Å². The number of amides is 2. The van der Waals surface area contributed by atoms with Crippen LogP contribution in [0.3, 0.4) is 0 Å². The van der Waals surface area contributed by atoms with Crippen LogP contribution in [0.1, 0.15) is 40.5 Å². The van der Waals surface area contributed by atoms with Crippen molar-refractivity contribution >= 4 is 12.0 Å². The zero-order valence-corrected chi connectivity index (χ0v) is 12.2. The molecule has 1 aliphatic rings. The average molecular weight is 272 g/mol. The Bertz CT molecular complexity index is 349. The van der Waals surface area contributed by atoms with E-state index >= 15 is 0 Å². The Morgan fingerprint density at radius 2 is 2.11 bits per heavy atom. The molecule has 0 bridgehead atoms. The first-order chi connectivity index (χ1) is 8.73. The Kier molecular flexibility index (Phi) is 4.79. The lowest BCUT2D eigenvalue weighted by Crippen LogP contribution is -2.61. The van der Waals surface area contributed by atoms with Crippen molar-refractivity contribution in [2.75, 3.05) is 19.8 Å². The summed E-state index contributed by atoms with van der Waals surface area (Å²) in [4.78, 5) is 24.9. The summed E-state index contributed by atoms with van der Waals surface area (Å²) in [5.74, 6) is -1.02. The molecule has 1 aliphatic heterocycles. The van der Waals surface area contributed by atoms with E-state index in [0.717, 1.165) is 12.8 Å². The van der Waals surface area contributed by atoms with Crippen molar-refractivity contribution in [1.82, 2.24) is 10.2 Å². The fourth-order valence-corrected chi connectivity index (χ4v) is 2.27. The molecule has 2 amide bonds. The summed E-state index contributed by atoms with van der Waals surface area (Å²) in [6.07, 6.45) is 1.73. The maximum atomic E-state index is 12.3. The number of carbonyl (C=O) groups excluding carboxylic acids is 1. The molecule has 0 aliphatic carbocycles. The summed E-state index contributed by atoms with van der Waals surface area (Å²) in [5, 5.41) is 12.1. The molecule has 0 saturated carbocycles. The van der Waals surface area contributed by atoms with Crippen LogP contribution >= 0.6 is 0 Å². The van der Waals surface area contributed by atoms with Crippen molar-refractivity contribution in [3.05, 3.63) is 0 Å². The highest BCUT2D eigenvalue weighted by molar-refractivity contribution is 5.85. The Balaban J connectivity index is 2.77. The first kappa shape index (κ1) is 15.8. The second-order valence-corrected chi connectivity index (χ2v) is 5.76. The third-order valence-corrected chi connectivity index (χ3v) is 3.61. The molecule has 0 aromatic rings. The summed E-state index contributed by atoms with van der Waals surface area (Å²) < 4.78 is 5.38. The largest absolute Gasteiger partial charge is 0.480 e. The van der Waals surface area contributed by atoms with Crippen molar-refractivity contribution in [2.45, 2.75) is 51.6 Å². The number of carboxylic acids is 1. The van der Waals surface area contributed by atoms with Gasteiger partial charge in [0.25, 0.3) is 0 Å². The van der Waals surface area contributed by atoms with Crippen LogP contribution in [-0.2, 0) is 9.53 Å². The number of rotatable bonds is 4. The molecule has 19 heavy (non-hydrogen) atoms. The molecule has 1 saturated heterocycles. The number of urea groups is 1. The molecule has 2 N–H and O–H groups in total. The highest BCUT2D eigenvalue weighted by Crippen LogP contribution is 2.21.